The lowest BCUT2D eigenvalue weighted by molar-refractivity contribution is 0.0696. The van der Waals surface area contributed by atoms with Crippen LogP contribution in [0.4, 0.5) is 17.1 Å². The Labute approximate surface area is 805 Å². The smallest absolute Gasteiger partial charge is 0.335 e. The number of anilines is 3. The number of aromatic carboxylic acids is 1. The van der Waals surface area contributed by atoms with E-state index < -0.39 is 5.97 Å². The molecule has 2 aliphatic heterocycles. The number of fused-ring (bicyclic) bond motifs is 8. The van der Waals surface area contributed by atoms with Gasteiger partial charge < -0.3 is 48.4 Å². The molecule has 0 saturated carbocycles. The first-order valence-electron chi connectivity index (χ1n) is 52.9. The first-order valence-corrected chi connectivity index (χ1v) is 52.9. The van der Waals surface area contributed by atoms with Gasteiger partial charge in [0, 0.05) is 51.2 Å². The Morgan fingerprint density at radius 3 is 0.910 bits per heavy atom. The summed E-state index contributed by atoms with van der Waals surface area (Å²) in [6, 6.07) is 53.1. The summed E-state index contributed by atoms with van der Waals surface area (Å²) in [6.45, 7) is 16.8. The second-order valence-electron chi connectivity index (χ2n) is 36.9. The molecule has 5 heterocycles. The maximum absolute atomic E-state index is 12.3. The number of aromatic nitrogens is 4. The molecule has 0 spiro atoms. The molecular weight excluding hydrogens is 1650 g/mol. The Morgan fingerprint density at radius 1 is 0.284 bits per heavy atom. The number of nitrogens with one attached hydrogen (secondary N) is 2. The van der Waals surface area contributed by atoms with Gasteiger partial charge in [-0.05, 0) is 160 Å². The fourth-order valence-electron chi connectivity index (χ4n) is 18.1. The second-order valence-corrected chi connectivity index (χ2v) is 36.9. The van der Waals surface area contributed by atoms with Crippen molar-refractivity contribution >= 4 is 69.4 Å². The third-order valence-electron chi connectivity index (χ3n) is 25.9. The fourth-order valence-corrected chi connectivity index (χ4v) is 18.1. The van der Waals surface area contributed by atoms with Gasteiger partial charge in [-0.1, -0.05) is 383 Å². The van der Waals surface area contributed by atoms with Gasteiger partial charge in [0.15, 0.2) is 0 Å². The van der Waals surface area contributed by atoms with Gasteiger partial charge >= 0.3 is 5.97 Å². The monoisotopic (exact) mass is 1810 g/mol. The Morgan fingerprint density at radius 2 is 0.575 bits per heavy atom. The molecule has 8 bridgehead atoms. The van der Waals surface area contributed by atoms with Crippen molar-refractivity contribution in [2.24, 2.45) is 0 Å². The van der Waals surface area contributed by atoms with Crippen LogP contribution in [0.25, 0.3) is 68.6 Å². The van der Waals surface area contributed by atoms with E-state index >= 15 is 0 Å². The maximum atomic E-state index is 12.3. The topological polar surface area (TPSA) is 153 Å². The number of hydrogen-bond acceptors (Lipinski definition) is 10. The summed E-state index contributed by atoms with van der Waals surface area (Å²) in [5.74, 6) is 18.0. The van der Waals surface area contributed by atoms with Crippen molar-refractivity contribution < 1.29 is 38.3 Å². The largest absolute Gasteiger partial charge is 0.493 e. The Bertz CT molecular complexity index is 5080. The number of carbonyl (C=O) groups is 1. The molecule has 0 atom stereocenters. The molecular formula is C121H159N5O8. The van der Waals surface area contributed by atoms with E-state index in [9.17, 15) is 9.90 Å². The highest BCUT2D eigenvalue weighted by Crippen LogP contribution is 2.48. The van der Waals surface area contributed by atoms with Gasteiger partial charge in [0.25, 0.3) is 0 Å². The number of carboxylic acid groups (broad SMARTS) is 1. The number of aromatic amines is 2. The molecule has 0 aliphatic carbocycles. The third kappa shape index (κ3) is 33.9. The summed E-state index contributed by atoms with van der Waals surface area (Å²) >= 11 is 0. The van der Waals surface area contributed by atoms with Gasteiger partial charge in [0.2, 0.25) is 0 Å². The normalized spacial score (nSPS) is 11.5. The molecule has 3 aromatic heterocycles. The number of ether oxygens (including phenoxy) is 6. The van der Waals surface area contributed by atoms with E-state index in [1.165, 1.54) is 180 Å². The van der Waals surface area contributed by atoms with Crippen LogP contribution < -0.4 is 33.3 Å². The zero-order valence-corrected chi connectivity index (χ0v) is 82.7. The van der Waals surface area contributed by atoms with Crippen molar-refractivity contribution in [3.63, 3.8) is 0 Å². The second kappa shape index (κ2) is 61.2. The number of benzene rings is 6. The number of carboxylic acids is 1. The van der Waals surface area contributed by atoms with Crippen molar-refractivity contribution in [2.75, 3.05) is 44.5 Å². The van der Waals surface area contributed by atoms with Crippen LogP contribution in [0.5, 0.6) is 34.5 Å². The van der Waals surface area contributed by atoms with Crippen LogP contribution in [0.15, 0.2) is 158 Å². The lowest BCUT2D eigenvalue weighted by Crippen LogP contribution is -2.13. The SMILES string of the molecule is CCCCCCCCCCCCOc1cccc(OCCCCCCCCCCCC)c1-c1c2nc(c(C#Cc3cc(OCCCCCC)c(N(c4ccccc4)c4ccccc4)cc3OCCCCCC)c3ccc([nH]3)c(-c3c(OCCCCCCCCCCCC)cccc3OCCCCCCCCCCCC)c3nc(c(C#Cc4ccc(C(=O)O)cc4)c4ccc1[nH]4)C=C3)C=C2. The summed E-state index contributed by atoms with van der Waals surface area (Å²) in [5, 5.41) is 10.1. The van der Waals surface area contributed by atoms with Crippen LogP contribution in [0, 0.1) is 23.7 Å². The number of hydrogen-bond donors (Lipinski definition) is 3. The van der Waals surface area contributed by atoms with Crippen molar-refractivity contribution in [3.05, 3.63) is 208 Å². The number of rotatable bonds is 66. The minimum absolute atomic E-state index is 0.184. The minimum Gasteiger partial charge on any atom is -0.493 e. The summed E-state index contributed by atoms with van der Waals surface area (Å²) in [6.07, 6.45) is 65.2. The average molecular weight is 1810 g/mol. The van der Waals surface area contributed by atoms with E-state index in [1.807, 2.05) is 0 Å². The van der Waals surface area contributed by atoms with Crippen LogP contribution in [0.3, 0.4) is 0 Å². The standard InChI is InChI=1S/C121H159N5O8/c1-7-13-19-25-29-33-37-41-45-57-87-129-111-67-61-68-112(130-88-58-46-42-38-34-30-26-20-14-8-2)119(111)117-106-83-79-102(122-106)100(77-73-95-71-74-96(75-72-95)121(127)128)103-80-84-107(123-103)118(120-113(131-89-59-47-43-39-35-31-27-21-15-9-3)69-62-70-114(120)132-90-60-48-44-40-36-32-28-22-16-10-4)109-86-82-105(125-109)101(104-81-85-108(117)124-104)78-76-97-93-116(134-92-56-24-18-12-6)110(94-115(97)133-91-55-23-17-11-5)126(98-63-51-49-52-64-98)99-65-53-50-54-66-99/h49-54,61-72,74-75,79-86,93-94,122,125H,7-48,55-60,87-92H2,1-6H3,(H,127,128). The molecule has 134 heavy (non-hydrogen) atoms. The molecule has 0 radical (unpaired) electrons. The molecule has 716 valence electrons. The summed E-state index contributed by atoms with van der Waals surface area (Å²) < 4.78 is 43.1. The van der Waals surface area contributed by atoms with E-state index in [0.29, 0.717) is 125 Å². The van der Waals surface area contributed by atoms with Gasteiger partial charge in [0.1, 0.15) is 34.5 Å². The molecule has 0 unspecified atom stereocenters. The quantitative estimate of drug-likeness (QED) is 0.0247. The minimum atomic E-state index is -1.00. The van der Waals surface area contributed by atoms with Gasteiger partial charge in [-0.3, -0.25) is 0 Å². The average Bonchev–Trinajstić information content (AvgIpc) is 1.61. The highest BCUT2D eigenvalue weighted by molar-refractivity contribution is 5.99. The van der Waals surface area contributed by atoms with Crippen LogP contribution in [-0.4, -0.2) is 70.7 Å². The van der Waals surface area contributed by atoms with Crippen molar-refractivity contribution in [3.8, 4) is 80.4 Å². The number of H-pyrrole nitrogens is 2. The van der Waals surface area contributed by atoms with E-state index in [0.717, 1.165) is 184 Å². The van der Waals surface area contributed by atoms with E-state index in [2.05, 4.69) is 238 Å². The fraction of sp³-hybridized carbons (Fsp3) is 0.496. The van der Waals surface area contributed by atoms with Crippen LogP contribution in [0.2, 0.25) is 0 Å². The van der Waals surface area contributed by atoms with Gasteiger partial charge in [-0.25, -0.2) is 14.8 Å². The number of para-hydroxylation sites is 2. The van der Waals surface area contributed by atoms with Crippen molar-refractivity contribution in [2.45, 2.75) is 350 Å². The molecule has 2 aliphatic rings. The molecule has 9 aromatic rings. The molecule has 11 rings (SSSR count). The molecule has 0 fully saturated rings. The molecule has 0 saturated heterocycles. The Hall–Kier alpha value is -10.9. The first-order chi connectivity index (χ1) is 66.2. The Kier molecular flexibility index (Phi) is 47.3. The summed E-state index contributed by atoms with van der Waals surface area (Å²) in [4.78, 5) is 34.4. The molecule has 0 amide bonds. The highest BCUT2D eigenvalue weighted by atomic mass is 16.5. The highest BCUT2D eigenvalue weighted by Gasteiger charge is 2.27. The van der Waals surface area contributed by atoms with Gasteiger partial charge in [-0.2, -0.15) is 0 Å². The van der Waals surface area contributed by atoms with Gasteiger partial charge in [0.05, 0.1) is 113 Å². The lowest BCUT2D eigenvalue weighted by Gasteiger charge is -2.28. The van der Waals surface area contributed by atoms with Crippen molar-refractivity contribution in [1.82, 2.24) is 19.9 Å². The molecule has 13 nitrogen and oxygen atoms in total. The predicted octanol–water partition coefficient (Wildman–Crippen LogP) is 35.1. The Balaban J connectivity index is 1.16. The molecule has 6 aromatic carbocycles. The van der Waals surface area contributed by atoms with Gasteiger partial charge in [-0.15, -0.1) is 0 Å². The summed E-state index contributed by atoms with van der Waals surface area (Å²) in [7, 11) is 0. The number of nitrogens with zero attached hydrogens (tertiary/aromatic N) is 3. The number of unbranched alkanes of at least 4 members (excludes halogenated alkanes) is 42. The van der Waals surface area contributed by atoms with Crippen LogP contribution in [0.1, 0.15) is 405 Å². The van der Waals surface area contributed by atoms with E-state index in [4.69, 9.17) is 38.4 Å². The molecule has 3 N–H and O–H groups in total. The first kappa shape index (κ1) is 104. The third-order valence-corrected chi connectivity index (χ3v) is 25.9. The van der Waals surface area contributed by atoms with E-state index in [1.54, 1.807) is 24.3 Å². The predicted molar refractivity (Wildman–Crippen MR) is 565 cm³/mol. The van der Waals surface area contributed by atoms with Crippen molar-refractivity contribution in [1.29, 1.82) is 0 Å². The van der Waals surface area contributed by atoms with E-state index in [-0.39, 0.29) is 5.56 Å². The zero-order valence-electron chi connectivity index (χ0n) is 82.7. The maximum Gasteiger partial charge on any atom is 0.335 e. The summed E-state index contributed by atoms with van der Waals surface area (Å²) in [5.41, 5.74) is 14.4. The van der Waals surface area contributed by atoms with Crippen LogP contribution >= 0.6 is 0 Å². The lowest BCUT2D eigenvalue weighted by atomic mass is 10.0. The zero-order chi connectivity index (χ0) is 93.5. The van der Waals surface area contributed by atoms with Crippen LogP contribution in [-0.2, 0) is 0 Å². The molecule has 13 heteroatoms.